The van der Waals surface area contributed by atoms with Gasteiger partial charge in [0.2, 0.25) is 0 Å². The molecule has 2 aliphatic heterocycles. The Morgan fingerprint density at radius 3 is 2.74 bits per heavy atom. The normalized spacial score (nSPS) is 26.3. The van der Waals surface area contributed by atoms with Gasteiger partial charge in [-0.25, -0.2) is 4.79 Å². The molecule has 122 valence electrons. The van der Waals surface area contributed by atoms with Gasteiger partial charge in [0, 0.05) is 18.4 Å². The molecule has 2 heterocycles. The number of benzene rings is 1. The molecule has 23 heavy (non-hydrogen) atoms. The predicted molar refractivity (Wildman–Crippen MR) is 82.0 cm³/mol. The Hall–Kier alpha value is -2.19. The molecule has 0 spiro atoms. The molecule has 1 saturated heterocycles. The second kappa shape index (κ2) is 5.78. The van der Waals surface area contributed by atoms with Crippen LogP contribution >= 0.6 is 11.8 Å². The molecule has 1 amide bonds. The third-order valence-electron chi connectivity index (χ3n) is 3.87. The van der Waals surface area contributed by atoms with E-state index in [2.05, 4.69) is 0 Å². The lowest BCUT2D eigenvalue weighted by Gasteiger charge is -2.49. The fourth-order valence-electron chi connectivity index (χ4n) is 2.74. The van der Waals surface area contributed by atoms with Crippen LogP contribution < -0.4 is 0 Å². The molecule has 0 aromatic heterocycles. The Morgan fingerprint density at radius 1 is 1.39 bits per heavy atom. The van der Waals surface area contributed by atoms with Gasteiger partial charge in [0.25, 0.3) is 5.91 Å². The molecule has 2 unspecified atom stereocenters. The quantitative estimate of drug-likeness (QED) is 0.701. The summed E-state index contributed by atoms with van der Waals surface area (Å²) >= 11 is 1.41. The summed E-state index contributed by atoms with van der Waals surface area (Å²) in [4.78, 5) is 24.5. The minimum Gasteiger partial charge on any atom is -0.508 e. The van der Waals surface area contributed by atoms with Gasteiger partial charge in [0.1, 0.15) is 22.6 Å². The summed E-state index contributed by atoms with van der Waals surface area (Å²) in [6.07, 6.45) is 1.24. The van der Waals surface area contributed by atoms with Gasteiger partial charge < -0.3 is 20.1 Å². The number of phenols is 2. The van der Waals surface area contributed by atoms with E-state index in [0.717, 1.165) is 0 Å². The average molecular weight is 337 g/mol. The van der Waals surface area contributed by atoms with Crippen LogP contribution in [0.5, 0.6) is 11.5 Å². The number of carboxylic acids is 1. The first-order valence-corrected chi connectivity index (χ1v) is 7.84. The molecule has 1 aromatic rings. The van der Waals surface area contributed by atoms with Crippen LogP contribution in [0.4, 0.5) is 0 Å². The topological polar surface area (TPSA) is 107 Å². The number of fused-ring (bicyclic) bond motifs is 1. The van der Waals surface area contributed by atoms with Gasteiger partial charge in [0.05, 0.1) is 0 Å². The maximum absolute atomic E-state index is 11.9. The van der Waals surface area contributed by atoms with Crippen molar-refractivity contribution in [3.63, 3.8) is 0 Å². The molecule has 1 aromatic carbocycles. The fourth-order valence-corrected chi connectivity index (χ4v) is 4.29. The molecular formula is C15H15NO6S. The van der Waals surface area contributed by atoms with E-state index in [0.29, 0.717) is 12.0 Å². The maximum atomic E-state index is 11.9. The molecule has 0 radical (unpaired) electrons. The first-order valence-electron chi connectivity index (χ1n) is 6.89. The van der Waals surface area contributed by atoms with Gasteiger partial charge >= 0.3 is 5.97 Å². The zero-order valence-corrected chi connectivity index (χ0v) is 13.0. The van der Waals surface area contributed by atoms with Crippen LogP contribution in [-0.4, -0.2) is 55.9 Å². The number of aromatic hydroxyl groups is 2. The summed E-state index contributed by atoms with van der Waals surface area (Å²) in [6, 6.07) is 4.29. The second-order valence-corrected chi connectivity index (χ2v) is 6.66. The number of nitrogens with zero attached hydrogens (tertiary/aromatic N) is 1. The predicted octanol–water partition coefficient (Wildman–Crippen LogP) is 0.907. The van der Waals surface area contributed by atoms with E-state index in [1.54, 1.807) is 6.07 Å². The number of thioether (sulfide) groups is 1. The highest BCUT2D eigenvalue weighted by Gasteiger charge is 2.54. The maximum Gasteiger partial charge on any atom is 0.352 e. The second-order valence-electron chi connectivity index (χ2n) is 5.30. The largest absolute Gasteiger partial charge is 0.508 e. The van der Waals surface area contributed by atoms with E-state index in [1.807, 2.05) is 0 Å². The molecule has 1 fully saturated rings. The first kappa shape index (κ1) is 15.7. The van der Waals surface area contributed by atoms with Crippen molar-refractivity contribution in [3.8, 4) is 11.5 Å². The average Bonchev–Trinajstić information content (AvgIpc) is 2.49. The van der Waals surface area contributed by atoms with Gasteiger partial charge in [-0.1, -0.05) is 6.07 Å². The minimum absolute atomic E-state index is 0.0421. The van der Waals surface area contributed by atoms with E-state index in [9.17, 15) is 24.9 Å². The van der Waals surface area contributed by atoms with Crippen LogP contribution in [0.25, 0.3) is 0 Å². The number of carboxylic acid groups (broad SMARTS) is 1. The number of aliphatic carboxylic acids is 1. The summed E-state index contributed by atoms with van der Waals surface area (Å²) in [6.45, 7) is 0. The van der Waals surface area contributed by atoms with Gasteiger partial charge in [0.15, 0.2) is 6.10 Å². The van der Waals surface area contributed by atoms with Crippen LogP contribution in [0.1, 0.15) is 5.56 Å². The Bertz CT molecular complexity index is 703. The van der Waals surface area contributed by atoms with Crippen LogP contribution in [0, 0.1) is 0 Å². The SMILES string of the molecule is COC1C(=O)N2C(C(=O)O)=CC(Cc3ccc(O)cc3O)S[C@H]12. The summed E-state index contributed by atoms with van der Waals surface area (Å²) in [5.41, 5.74) is 0.532. The monoisotopic (exact) mass is 337 g/mol. The molecule has 7 nitrogen and oxygen atoms in total. The highest BCUT2D eigenvalue weighted by molar-refractivity contribution is 8.00. The third kappa shape index (κ3) is 2.64. The van der Waals surface area contributed by atoms with Crippen molar-refractivity contribution in [1.29, 1.82) is 0 Å². The van der Waals surface area contributed by atoms with Crippen molar-refractivity contribution in [1.82, 2.24) is 4.90 Å². The molecule has 3 N–H and O–H groups in total. The highest BCUT2D eigenvalue weighted by Crippen LogP contribution is 2.43. The Labute approximate surface area is 136 Å². The van der Waals surface area contributed by atoms with E-state index < -0.39 is 12.1 Å². The van der Waals surface area contributed by atoms with E-state index in [4.69, 9.17) is 4.74 Å². The van der Waals surface area contributed by atoms with Gasteiger partial charge in [-0.3, -0.25) is 9.69 Å². The number of methoxy groups -OCH3 is 1. The highest BCUT2D eigenvalue weighted by atomic mass is 32.2. The number of phenolic OH excluding ortho intramolecular Hbond substituents is 2. The number of β-lactam (4-membered cyclic amide) rings is 1. The standard InChI is InChI=1S/C15H15NO6S/c1-22-12-13(19)16-10(15(20)21)6-9(23-14(12)16)4-7-2-3-8(17)5-11(7)18/h2-3,5-6,9,12,14,17-18H,4H2,1H3,(H,20,21)/t9?,12?,14-/m1/s1. The van der Waals surface area contributed by atoms with Crippen molar-refractivity contribution in [2.45, 2.75) is 23.1 Å². The molecular weight excluding hydrogens is 322 g/mol. The molecule has 8 heteroatoms. The lowest BCUT2D eigenvalue weighted by Crippen LogP contribution is -2.65. The fraction of sp³-hybridized carbons (Fsp3) is 0.333. The zero-order valence-electron chi connectivity index (χ0n) is 12.2. The van der Waals surface area contributed by atoms with Crippen LogP contribution in [-0.2, 0) is 20.7 Å². The Morgan fingerprint density at radius 2 is 2.13 bits per heavy atom. The van der Waals surface area contributed by atoms with Crippen molar-refractivity contribution < 1.29 is 29.6 Å². The van der Waals surface area contributed by atoms with Crippen LogP contribution in [0.3, 0.4) is 0 Å². The molecule has 0 bridgehead atoms. The van der Waals surface area contributed by atoms with Crippen molar-refractivity contribution in [2.75, 3.05) is 7.11 Å². The smallest absolute Gasteiger partial charge is 0.352 e. The summed E-state index contributed by atoms with van der Waals surface area (Å²) in [7, 11) is 1.42. The van der Waals surface area contributed by atoms with Crippen molar-refractivity contribution >= 4 is 23.6 Å². The Kier molecular flexibility index (Phi) is 3.95. The van der Waals surface area contributed by atoms with E-state index >= 15 is 0 Å². The van der Waals surface area contributed by atoms with Crippen molar-refractivity contribution in [2.24, 2.45) is 0 Å². The van der Waals surface area contributed by atoms with Crippen LogP contribution in [0.15, 0.2) is 30.0 Å². The number of ether oxygens (including phenoxy) is 1. The number of carbonyl (C=O) groups excluding carboxylic acids is 1. The number of rotatable bonds is 4. The Balaban J connectivity index is 1.86. The summed E-state index contributed by atoms with van der Waals surface area (Å²) in [5, 5.41) is 27.9. The van der Waals surface area contributed by atoms with Gasteiger partial charge in [-0.15, -0.1) is 11.8 Å². The van der Waals surface area contributed by atoms with Gasteiger partial charge in [-0.2, -0.15) is 0 Å². The number of carbonyl (C=O) groups is 2. The van der Waals surface area contributed by atoms with Gasteiger partial charge in [-0.05, 0) is 24.1 Å². The first-order chi connectivity index (χ1) is 10.9. The number of amides is 1. The lowest BCUT2D eigenvalue weighted by molar-refractivity contribution is -0.162. The molecule has 3 atom stereocenters. The molecule has 3 rings (SSSR count). The summed E-state index contributed by atoms with van der Waals surface area (Å²) in [5.74, 6) is -1.62. The third-order valence-corrected chi connectivity index (χ3v) is 5.26. The number of hydrogen-bond donors (Lipinski definition) is 3. The van der Waals surface area contributed by atoms with E-state index in [-0.39, 0.29) is 33.7 Å². The lowest BCUT2D eigenvalue weighted by atomic mass is 10.0. The molecule has 2 aliphatic rings. The number of hydrogen-bond acceptors (Lipinski definition) is 6. The molecule has 0 aliphatic carbocycles. The zero-order chi connectivity index (χ0) is 16.7. The van der Waals surface area contributed by atoms with E-state index in [1.165, 1.54) is 42.0 Å². The van der Waals surface area contributed by atoms with Crippen LogP contribution in [0.2, 0.25) is 0 Å². The molecule has 0 saturated carbocycles. The summed E-state index contributed by atoms with van der Waals surface area (Å²) < 4.78 is 5.12. The minimum atomic E-state index is -1.17. The van der Waals surface area contributed by atoms with Crippen molar-refractivity contribution in [3.05, 3.63) is 35.5 Å².